The highest BCUT2D eigenvalue weighted by atomic mass is 16.5. The molecule has 4 aliphatic rings. The Morgan fingerprint density at radius 3 is 2.54 bits per heavy atom. The number of allylic oxidation sites excluding steroid dienone is 6. The van der Waals surface area contributed by atoms with Gasteiger partial charge in [-0.05, 0) is 38.2 Å². The van der Waals surface area contributed by atoms with E-state index in [0.717, 1.165) is 18.4 Å². The van der Waals surface area contributed by atoms with E-state index in [1.807, 2.05) is 0 Å². The predicted octanol–water partition coefficient (Wildman–Crippen LogP) is 4.48. The minimum absolute atomic E-state index is 0.0945. The second-order valence-electron chi connectivity index (χ2n) is 8.13. The van der Waals surface area contributed by atoms with Crippen LogP contribution in [0.5, 0.6) is 0 Å². The standard InChI is InChI=1S/C21H27NO2/c1-10(2)13-5-6-14(9-13)19-15-8-11(3)7-12(4)16(15)17-18(21(23)24)20(17)22-19/h5-7,10,15,17,19-20,22-24H,8-9H2,1-4H3. The van der Waals surface area contributed by atoms with E-state index >= 15 is 0 Å². The molecule has 2 fully saturated rings. The Balaban J connectivity index is 1.69. The largest absolute Gasteiger partial charge is 0.481 e. The van der Waals surface area contributed by atoms with Crippen molar-refractivity contribution in [3.63, 3.8) is 0 Å². The Labute approximate surface area is 144 Å². The van der Waals surface area contributed by atoms with Crippen LogP contribution in [0.1, 0.15) is 40.5 Å². The number of piperidine rings is 1. The normalized spacial score (nSPS) is 34.5. The number of rotatable bonds is 2. The lowest BCUT2D eigenvalue weighted by Crippen LogP contribution is -2.46. The van der Waals surface area contributed by atoms with Crippen LogP contribution in [0.15, 0.2) is 57.6 Å². The third-order valence-corrected chi connectivity index (χ3v) is 6.17. The molecular formula is C21H27NO2. The monoisotopic (exact) mass is 325 g/mol. The molecule has 128 valence electrons. The quantitative estimate of drug-likeness (QED) is 0.656. The lowest BCUT2D eigenvalue weighted by Gasteiger charge is -2.38. The van der Waals surface area contributed by atoms with Crippen LogP contribution in [-0.4, -0.2) is 22.3 Å². The van der Waals surface area contributed by atoms with E-state index in [2.05, 4.69) is 51.2 Å². The molecular weight excluding hydrogens is 298 g/mol. The van der Waals surface area contributed by atoms with Gasteiger partial charge in [-0.25, -0.2) is 0 Å². The van der Waals surface area contributed by atoms with Gasteiger partial charge in [0.1, 0.15) is 0 Å². The van der Waals surface area contributed by atoms with Crippen molar-refractivity contribution in [1.29, 1.82) is 0 Å². The fourth-order valence-corrected chi connectivity index (χ4v) is 4.96. The van der Waals surface area contributed by atoms with Crippen molar-refractivity contribution >= 4 is 0 Å². The van der Waals surface area contributed by atoms with Crippen molar-refractivity contribution in [2.24, 2.45) is 17.8 Å². The van der Waals surface area contributed by atoms with Gasteiger partial charge in [-0.2, -0.15) is 0 Å². The van der Waals surface area contributed by atoms with Gasteiger partial charge in [0.2, 0.25) is 0 Å². The van der Waals surface area contributed by atoms with Crippen LogP contribution in [0.2, 0.25) is 0 Å². The van der Waals surface area contributed by atoms with Crippen LogP contribution in [0.3, 0.4) is 0 Å². The van der Waals surface area contributed by atoms with E-state index < -0.39 is 5.95 Å². The van der Waals surface area contributed by atoms with Crippen LogP contribution in [0.25, 0.3) is 0 Å². The van der Waals surface area contributed by atoms with E-state index in [0.29, 0.717) is 17.9 Å². The molecule has 1 saturated heterocycles. The number of fused-ring (bicyclic) bond motifs is 3. The fourth-order valence-electron chi connectivity index (χ4n) is 4.96. The maximum Gasteiger partial charge on any atom is 0.275 e. The molecule has 3 aliphatic carbocycles. The SMILES string of the molecule is CC1=CC(C)=C2C(C1)C(C1=CC=C(C(C)C)C1)NC1C(=C(O)O)C21. The molecule has 0 aromatic carbocycles. The summed E-state index contributed by atoms with van der Waals surface area (Å²) >= 11 is 0. The maximum absolute atomic E-state index is 9.65. The van der Waals surface area contributed by atoms with Gasteiger partial charge in [0.25, 0.3) is 5.95 Å². The van der Waals surface area contributed by atoms with E-state index in [1.165, 1.54) is 27.9 Å². The molecule has 1 heterocycles. The van der Waals surface area contributed by atoms with Crippen molar-refractivity contribution in [2.75, 3.05) is 0 Å². The molecule has 0 amide bonds. The van der Waals surface area contributed by atoms with E-state index in [4.69, 9.17) is 0 Å². The number of nitrogens with one attached hydrogen (secondary N) is 1. The zero-order valence-corrected chi connectivity index (χ0v) is 14.9. The van der Waals surface area contributed by atoms with Gasteiger partial charge in [0, 0.05) is 29.5 Å². The van der Waals surface area contributed by atoms with Gasteiger partial charge < -0.3 is 15.5 Å². The van der Waals surface area contributed by atoms with Gasteiger partial charge in [-0.1, -0.05) is 54.4 Å². The highest BCUT2D eigenvalue weighted by Gasteiger charge is 2.58. The van der Waals surface area contributed by atoms with Crippen LogP contribution in [-0.2, 0) is 0 Å². The van der Waals surface area contributed by atoms with Crippen LogP contribution >= 0.6 is 0 Å². The van der Waals surface area contributed by atoms with Crippen molar-refractivity contribution in [3.05, 3.63) is 57.6 Å². The second kappa shape index (κ2) is 5.38. The molecule has 4 unspecified atom stereocenters. The summed E-state index contributed by atoms with van der Waals surface area (Å²) in [4.78, 5) is 0. The molecule has 0 bridgehead atoms. The summed E-state index contributed by atoms with van der Waals surface area (Å²) in [7, 11) is 0. The van der Waals surface area contributed by atoms with Gasteiger partial charge in [0.05, 0.1) is 0 Å². The molecule has 0 aromatic heterocycles. The third-order valence-electron chi connectivity index (χ3n) is 6.17. The predicted molar refractivity (Wildman–Crippen MR) is 96.7 cm³/mol. The Hall–Kier alpha value is -1.74. The molecule has 0 radical (unpaired) electrons. The highest BCUT2D eigenvalue weighted by molar-refractivity contribution is 5.55. The number of aliphatic hydroxyl groups excluding tert-OH is 1. The van der Waals surface area contributed by atoms with Crippen LogP contribution < -0.4 is 5.32 Å². The van der Waals surface area contributed by atoms with Gasteiger partial charge >= 0.3 is 0 Å². The summed E-state index contributed by atoms with van der Waals surface area (Å²) < 4.78 is 0. The van der Waals surface area contributed by atoms with E-state index in [-0.39, 0.29) is 12.0 Å². The molecule has 3 nitrogen and oxygen atoms in total. The number of hydrogen-bond donors (Lipinski definition) is 3. The maximum atomic E-state index is 9.65. The first kappa shape index (κ1) is 15.8. The fraction of sp³-hybridized carbons (Fsp3) is 0.524. The van der Waals surface area contributed by atoms with Gasteiger partial charge in [-0.15, -0.1) is 0 Å². The molecule has 0 spiro atoms. The van der Waals surface area contributed by atoms with Crippen molar-refractivity contribution in [2.45, 2.75) is 52.6 Å². The molecule has 1 aliphatic heterocycles. The molecule has 0 aromatic rings. The van der Waals surface area contributed by atoms with Gasteiger partial charge in [-0.3, -0.25) is 0 Å². The summed E-state index contributed by atoms with van der Waals surface area (Å²) in [6, 6.07) is 0.390. The lowest BCUT2D eigenvalue weighted by atomic mass is 9.73. The number of hydrogen-bond acceptors (Lipinski definition) is 3. The van der Waals surface area contributed by atoms with Crippen LogP contribution in [0, 0.1) is 17.8 Å². The number of aliphatic hydroxyl groups is 2. The summed E-state index contributed by atoms with van der Waals surface area (Å²) in [5.74, 6) is 0.710. The van der Waals surface area contributed by atoms with Crippen molar-refractivity contribution in [3.8, 4) is 0 Å². The molecule has 4 rings (SSSR count). The summed E-state index contributed by atoms with van der Waals surface area (Å²) in [6.45, 7) is 8.88. The molecule has 1 saturated carbocycles. The third kappa shape index (κ3) is 2.29. The molecule has 3 N–H and O–H groups in total. The Morgan fingerprint density at radius 2 is 1.92 bits per heavy atom. The summed E-state index contributed by atoms with van der Waals surface area (Å²) in [6.07, 6.45) is 8.95. The van der Waals surface area contributed by atoms with Crippen LogP contribution in [0.4, 0.5) is 0 Å². The zero-order valence-electron chi connectivity index (χ0n) is 14.9. The minimum atomic E-state index is -0.482. The summed E-state index contributed by atoms with van der Waals surface area (Å²) in [5, 5.41) is 23.0. The first-order valence-corrected chi connectivity index (χ1v) is 9.03. The average Bonchev–Trinajstić information content (AvgIpc) is 3.00. The minimum Gasteiger partial charge on any atom is -0.481 e. The zero-order chi connectivity index (χ0) is 17.2. The van der Waals surface area contributed by atoms with Gasteiger partial charge in [0.15, 0.2) is 0 Å². The Bertz CT molecular complexity index is 744. The molecule has 4 atom stereocenters. The second-order valence-corrected chi connectivity index (χ2v) is 8.13. The molecule has 24 heavy (non-hydrogen) atoms. The highest BCUT2D eigenvalue weighted by Crippen LogP contribution is 2.56. The lowest BCUT2D eigenvalue weighted by molar-refractivity contribution is 0.187. The van der Waals surface area contributed by atoms with Crippen molar-refractivity contribution < 1.29 is 10.2 Å². The first-order valence-electron chi connectivity index (χ1n) is 9.03. The van der Waals surface area contributed by atoms with E-state index in [1.54, 1.807) is 0 Å². The topological polar surface area (TPSA) is 52.5 Å². The summed E-state index contributed by atoms with van der Waals surface area (Å²) in [5.41, 5.74) is 7.88. The Kier molecular flexibility index (Phi) is 3.54. The Morgan fingerprint density at radius 1 is 1.17 bits per heavy atom. The van der Waals surface area contributed by atoms with Crippen molar-refractivity contribution in [1.82, 2.24) is 5.32 Å². The molecule has 3 heteroatoms. The average molecular weight is 325 g/mol. The smallest absolute Gasteiger partial charge is 0.275 e. The van der Waals surface area contributed by atoms with E-state index in [9.17, 15) is 10.2 Å². The first-order chi connectivity index (χ1) is 11.4.